The summed E-state index contributed by atoms with van der Waals surface area (Å²) in [6, 6.07) is 5.24. The number of carboxylic acid groups (broad SMARTS) is 1. The highest BCUT2D eigenvalue weighted by Gasteiger charge is 2.24. The van der Waals surface area contributed by atoms with E-state index in [1.54, 1.807) is 6.07 Å². The molecule has 1 heterocycles. The standard InChI is InChI=1S/C13H16N2O5S/c16-12(17)9-2-1-3-11(8-9)15-13(18)14-10-4-6-21(19,20)7-5-10/h1-3,8,10H,4-7H2,(H,16,17)(H2,14,15,18). The molecule has 1 saturated heterocycles. The van der Waals surface area contributed by atoms with Gasteiger partial charge in [-0.1, -0.05) is 6.07 Å². The van der Waals surface area contributed by atoms with Gasteiger partial charge in [-0.3, -0.25) is 0 Å². The van der Waals surface area contributed by atoms with Crippen LogP contribution in [-0.4, -0.2) is 43.1 Å². The molecular formula is C13H16N2O5S. The van der Waals surface area contributed by atoms with E-state index >= 15 is 0 Å². The Morgan fingerprint density at radius 3 is 2.48 bits per heavy atom. The van der Waals surface area contributed by atoms with Crippen LogP contribution in [-0.2, 0) is 9.84 Å². The Labute approximate surface area is 122 Å². The largest absolute Gasteiger partial charge is 0.478 e. The zero-order chi connectivity index (χ0) is 15.5. The Morgan fingerprint density at radius 2 is 1.86 bits per heavy atom. The fraction of sp³-hybridized carbons (Fsp3) is 0.385. The quantitative estimate of drug-likeness (QED) is 0.773. The summed E-state index contributed by atoms with van der Waals surface area (Å²) in [6.07, 6.45) is 0.788. The molecule has 3 N–H and O–H groups in total. The van der Waals surface area contributed by atoms with Gasteiger partial charge in [0.2, 0.25) is 0 Å². The van der Waals surface area contributed by atoms with Crippen molar-refractivity contribution in [3.05, 3.63) is 29.8 Å². The monoisotopic (exact) mass is 312 g/mol. The van der Waals surface area contributed by atoms with Crippen molar-refractivity contribution in [2.75, 3.05) is 16.8 Å². The summed E-state index contributed by atoms with van der Waals surface area (Å²) in [5.41, 5.74) is 0.451. The van der Waals surface area contributed by atoms with Crippen molar-refractivity contribution in [2.45, 2.75) is 18.9 Å². The number of hydrogen-bond donors (Lipinski definition) is 3. The fourth-order valence-electron chi connectivity index (χ4n) is 2.12. The van der Waals surface area contributed by atoms with E-state index in [0.29, 0.717) is 18.5 Å². The molecule has 0 radical (unpaired) electrons. The van der Waals surface area contributed by atoms with E-state index in [1.807, 2.05) is 0 Å². The number of carbonyl (C=O) groups excluding carboxylic acids is 1. The van der Waals surface area contributed by atoms with Crippen LogP contribution in [0.5, 0.6) is 0 Å². The van der Waals surface area contributed by atoms with E-state index in [2.05, 4.69) is 10.6 Å². The van der Waals surface area contributed by atoms with Crippen molar-refractivity contribution in [3.8, 4) is 0 Å². The van der Waals surface area contributed by atoms with Crippen LogP contribution in [0.25, 0.3) is 0 Å². The SMILES string of the molecule is O=C(Nc1cccc(C(=O)O)c1)NC1CCS(=O)(=O)CC1. The highest BCUT2D eigenvalue weighted by Crippen LogP contribution is 2.13. The molecule has 1 fully saturated rings. The predicted molar refractivity (Wildman–Crippen MR) is 77.2 cm³/mol. The first-order valence-electron chi connectivity index (χ1n) is 6.47. The number of benzene rings is 1. The Hall–Kier alpha value is -2.09. The zero-order valence-electron chi connectivity index (χ0n) is 11.2. The lowest BCUT2D eigenvalue weighted by atomic mass is 10.1. The number of nitrogens with one attached hydrogen (secondary N) is 2. The van der Waals surface area contributed by atoms with Gasteiger partial charge in [0.15, 0.2) is 0 Å². The lowest BCUT2D eigenvalue weighted by molar-refractivity contribution is 0.0697. The Balaban J connectivity index is 1.90. The molecule has 0 aromatic heterocycles. The van der Waals surface area contributed by atoms with Crippen LogP contribution in [0, 0.1) is 0 Å². The highest BCUT2D eigenvalue weighted by molar-refractivity contribution is 7.91. The summed E-state index contributed by atoms with van der Waals surface area (Å²) in [5.74, 6) is -0.921. The van der Waals surface area contributed by atoms with Crippen LogP contribution >= 0.6 is 0 Å². The second-order valence-electron chi connectivity index (χ2n) is 4.91. The van der Waals surface area contributed by atoms with Crippen molar-refractivity contribution in [2.24, 2.45) is 0 Å². The molecule has 21 heavy (non-hydrogen) atoms. The molecule has 0 saturated carbocycles. The molecule has 2 amide bonds. The number of carbonyl (C=O) groups is 2. The molecule has 0 aliphatic carbocycles. The van der Waals surface area contributed by atoms with Crippen molar-refractivity contribution in [1.29, 1.82) is 0 Å². The molecule has 1 aliphatic rings. The molecule has 114 valence electrons. The molecule has 1 aromatic rings. The number of hydrogen-bond acceptors (Lipinski definition) is 4. The first kappa shape index (κ1) is 15.3. The lowest BCUT2D eigenvalue weighted by Crippen LogP contribution is -2.42. The summed E-state index contributed by atoms with van der Waals surface area (Å²) in [7, 11) is -2.96. The number of urea groups is 1. The van der Waals surface area contributed by atoms with Gasteiger partial charge in [-0.2, -0.15) is 0 Å². The second kappa shape index (κ2) is 6.13. The van der Waals surface area contributed by atoms with E-state index in [1.165, 1.54) is 18.2 Å². The Bertz CT molecular complexity index is 642. The van der Waals surface area contributed by atoms with Gasteiger partial charge in [0, 0.05) is 11.7 Å². The summed E-state index contributed by atoms with van der Waals surface area (Å²) in [5, 5.41) is 14.1. The summed E-state index contributed by atoms with van der Waals surface area (Å²) >= 11 is 0. The zero-order valence-corrected chi connectivity index (χ0v) is 12.0. The number of sulfone groups is 1. The Kier molecular flexibility index (Phi) is 4.46. The third kappa shape index (κ3) is 4.45. The van der Waals surface area contributed by atoms with Crippen LogP contribution in [0.1, 0.15) is 23.2 Å². The third-order valence-electron chi connectivity index (χ3n) is 3.26. The maximum absolute atomic E-state index is 11.8. The fourth-order valence-corrected chi connectivity index (χ4v) is 3.61. The van der Waals surface area contributed by atoms with E-state index in [-0.39, 0.29) is 23.1 Å². The molecule has 1 aromatic carbocycles. The van der Waals surface area contributed by atoms with Gasteiger partial charge in [-0.05, 0) is 31.0 Å². The van der Waals surface area contributed by atoms with Crippen molar-refractivity contribution in [1.82, 2.24) is 5.32 Å². The average Bonchev–Trinajstić information content (AvgIpc) is 2.41. The Morgan fingerprint density at radius 1 is 1.19 bits per heavy atom. The van der Waals surface area contributed by atoms with E-state index in [9.17, 15) is 18.0 Å². The second-order valence-corrected chi connectivity index (χ2v) is 7.21. The summed E-state index contributed by atoms with van der Waals surface area (Å²) in [6.45, 7) is 0. The summed E-state index contributed by atoms with van der Waals surface area (Å²) in [4.78, 5) is 22.6. The van der Waals surface area contributed by atoms with Gasteiger partial charge in [0.05, 0.1) is 17.1 Å². The molecule has 1 aliphatic heterocycles. The van der Waals surface area contributed by atoms with Crippen LogP contribution in [0.4, 0.5) is 10.5 Å². The van der Waals surface area contributed by atoms with Gasteiger partial charge in [-0.15, -0.1) is 0 Å². The van der Waals surface area contributed by atoms with Crippen LogP contribution in [0.3, 0.4) is 0 Å². The van der Waals surface area contributed by atoms with Gasteiger partial charge in [0.1, 0.15) is 9.84 Å². The average molecular weight is 312 g/mol. The van der Waals surface area contributed by atoms with E-state index in [0.717, 1.165) is 0 Å². The molecule has 0 bridgehead atoms. The normalized spacial score (nSPS) is 17.9. The van der Waals surface area contributed by atoms with Gasteiger partial charge >= 0.3 is 12.0 Å². The van der Waals surface area contributed by atoms with Gasteiger partial charge < -0.3 is 15.7 Å². The molecule has 0 unspecified atom stereocenters. The smallest absolute Gasteiger partial charge is 0.335 e. The van der Waals surface area contributed by atoms with Crippen molar-refractivity contribution < 1.29 is 23.1 Å². The van der Waals surface area contributed by atoms with E-state index < -0.39 is 21.8 Å². The predicted octanol–water partition coefficient (Wildman–Crippen LogP) is 1.08. The third-order valence-corrected chi connectivity index (χ3v) is 4.97. The van der Waals surface area contributed by atoms with Gasteiger partial charge in [0.25, 0.3) is 0 Å². The first-order chi connectivity index (χ1) is 9.85. The van der Waals surface area contributed by atoms with Crippen molar-refractivity contribution in [3.63, 3.8) is 0 Å². The molecule has 0 spiro atoms. The number of aromatic carboxylic acids is 1. The van der Waals surface area contributed by atoms with Crippen molar-refractivity contribution >= 4 is 27.5 Å². The minimum Gasteiger partial charge on any atom is -0.478 e. The van der Waals surface area contributed by atoms with E-state index in [4.69, 9.17) is 5.11 Å². The molecular weight excluding hydrogens is 296 g/mol. The number of anilines is 1. The minimum atomic E-state index is -2.96. The molecule has 7 nitrogen and oxygen atoms in total. The number of amides is 2. The number of carboxylic acids is 1. The maximum atomic E-state index is 11.8. The lowest BCUT2D eigenvalue weighted by Gasteiger charge is -2.23. The summed E-state index contributed by atoms with van der Waals surface area (Å²) < 4.78 is 22.6. The molecule has 2 rings (SSSR count). The molecule has 8 heteroatoms. The van der Waals surface area contributed by atoms with Gasteiger partial charge in [-0.25, -0.2) is 18.0 Å². The molecule has 0 atom stereocenters. The minimum absolute atomic E-state index is 0.0758. The van der Waals surface area contributed by atoms with Crippen LogP contribution < -0.4 is 10.6 Å². The number of rotatable bonds is 3. The maximum Gasteiger partial charge on any atom is 0.335 e. The highest BCUT2D eigenvalue weighted by atomic mass is 32.2. The van der Waals surface area contributed by atoms with Crippen LogP contribution in [0.2, 0.25) is 0 Å². The first-order valence-corrected chi connectivity index (χ1v) is 8.29. The topological polar surface area (TPSA) is 113 Å². The van der Waals surface area contributed by atoms with Crippen LogP contribution in [0.15, 0.2) is 24.3 Å².